The number of rotatable bonds is 5. The first-order chi connectivity index (χ1) is 19.9. The number of hydrogen-bond acceptors (Lipinski definition) is 4. The maximum Gasteiger partial charge on any atom is 0.254 e. The molecule has 2 bridgehead atoms. The Labute approximate surface area is 239 Å². The van der Waals surface area contributed by atoms with Crippen molar-refractivity contribution in [1.82, 2.24) is 23.9 Å². The maximum atomic E-state index is 13.7. The van der Waals surface area contributed by atoms with Crippen molar-refractivity contribution >= 4 is 33.8 Å². The van der Waals surface area contributed by atoms with Crippen LogP contribution in [0.1, 0.15) is 73.3 Å². The molecular weight excluding hydrogens is 514 g/mol. The van der Waals surface area contributed by atoms with E-state index in [1.54, 1.807) is 14.0 Å². The van der Waals surface area contributed by atoms with E-state index in [0.717, 1.165) is 67.9 Å². The van der Waals surface area contributed by atoms with Gasteiger partial charge in [0.05, 0.1) is 23.8 Å². The number of fused-ring (bicyclic) bond motifs is 5. The number of para-hydroxylation sites is 1. The summed E-state index contributed by atoms with van der Waals surface area (Å²) in [5.41, 5.74) is 6.04. The van der Waals surface area contributed by atoms with Crippen LogP contribution in [0.15, 0.2) is 36.4 Å². The number of carbonyl (C=O) groups is 2. The van der Waals surface area contributed by atoms with Crippen LogP contribution in [0.5, 0.6) is 5.75 Å². The molecule has 2 aliphatic carbocycles. The summed E-state index contributed by atoms with van der Waals surface area (Å²) in [5.74, 6) is 2.79. The maximum absolute atomic E-state index is 13.7. The number of imidazole rings is 1. The Kier molecular flexibility index (Phi) is 5.53. The van der Waals surface area contributed by atoms with Crippen LogP contribution in [-0.4, -0.2) is 68.5 Å². The predicted octanol–water partition coefficient (Wildman–Crippen LogP) is 5.50. The predicted molar refractivity (Wildman–Crippen MR) is 158 cm³/mol. The van der Waals surface area contributed by atoms with E-state index in [1.807, 2.05) is 24.1 Å². The Hall–Kier alpha value is -3.81. The lowest BCUT2D eigenvalue weighted by Crippen LogP contribution is -2.50. The number of piperidine rings is 2. The van der Waals surface area contributed by atoms with E-state index >= 15 is 0 Å². The fourth-order valence-electron chi connectivity index (χ4n) is 7.76. The standard InChI is InChI=1S/C33H37N5O3/c1-19(39)36-17-23(18-36)26-6-4-5-21-14-28(38(30(21)26)25-11-12-25)32-34-27-13-22(15-29(41-3)31(27)35(32)2)33(40)37-16-20-7-9-24(37)10-8-20/h4-6,13-15,20,23-25H,7-12,16-18H2,1-3H3/t20-,24+. The molecule has 5 fully saturated rings. The Morgan fingerprint density at radius 3 is 2.34 bits per heavy atom. The second-order valence-corrected chi connectivity index (χ2v) is 12.7. The highest BCUT2D eigenvalue weighted by atomic mass is 16.5. The lowest BCUT2D eigenvalue weighted by molar-refractivity contribution is -0.133. The van der Waals surface area contributed by atoms with Crippen molar-refractivity contribution in [3.8, 4) is 17.3 Å². The molecule has 5 aliphatic rings. The van der Waals surface area contributed by atoms with Crippen LogP contribution in [0.2, 0.25) is 0 Å². The lowest BCUT2D eigenvalue weighted by Gasteiger charge is -2.45. The molecule has 9 rings (SSSR count). The van der Waals surface area contributed by atoms with Gasteiger partial charge in [0.1, 0.15) is 11.3 Å². The van der Waals surface area contributed by atoms with E-state index in [-0.39, 0.29) is 11.8 Å². The minimum absolute atomic E-state index is 0.101. The Bertz CT molecular complexity index is 1720. The largest absolute Gasteiger partial charge is 0.494 e. The lowest BCUT2D eigenvalue weighted by atomic mass is 9.79. The number of amides is 2. The van der Waals surface area contributed by atoms with Crippen molar-refractivity contribution < 1.29 is 14.3 Å². The molecular formula is C33H37N5O3. The number of carbonyl (C=O) groups excluding carboxylic acids is 2. The molecule has 2 aromatic heterocycles. The third-order valence-corrected chi connectivity index (χ3v) is 10.2. The van der Waals surface area contributed by atoms with Gasteiger partial charge < -0.3 is 23.7 Å². The molecule has 3 saturated heterocycles. The SMILES string of the molecule is COc1cc(C(=O)N2C[C@H]3CC[C@@H]2CC3)cc2nc(-c3cc4cccc(C5CN(C(C)=O)C5)c4n3C3CC3)n(C)c12. The second-order valence-electron chi connectivity index (χ2n) is 12.7. The molecule has 8 heteroatoms. The van der Waals surface area contributed by atoms with Gasteiger partial charge in [0, 0.05) is 62.6 Å². The Morgan fingerprint density at radius 1 is 0.927 bits per heavy atom. The molecule has 0 spiro atoms. The molecule has 212 valence electrons. The van der Waals surface area contributed by atoms with Gasteiger partial charge in [-0.3, -0.25) is 9.59 Å². The van der Waals surface area contributed by atoms with Crippen LogP contribution >= 0.6 is 0 Å². The smallest absolute Gasteiger partial charge is 0.254 e. The first-order valence-corrected chi connectivity index (χ1v) is 15.2. The summed E-state index contributed by atoms with van der Waals surface area (Å²) >= 11 is 0. The molecule has 2 amide bonds. The minimum atomic E-state index is 0.101. The normalized spacial score (nSPS) is 22.5. The monoisotopic (exact) mass is 551 g/mol. The second kappa shape index (κ2) is 9.10. The average molecular weight is 552 g/mol. The number of hydrogen-bond donors (Lipinski definition) is 0. The van der Waals surface area contributed by atoms with Gasteiger partial charge in [-0.15, -0.1) is 0 Å². The zero-order chi connectivity index (χ0) is 28.0. The molecule has 0 N–H and O–H groups in total. The minimum Gasteiger partial charge on any atom is -0.494 e. The van der Waals surface area contributed by atoms with E-state index in [1.165, 1.54) is 29.3 Å². The van der Waals surface area contributed by atoms with Crippen molar-refractivity contribution in [3.63, 3.8) is 0 Å². The van der Waals surface area contributed by atoms with Crippen molar-refractivity contribution in [2.24, 2.45) is 13.0 Å². The molecule has 0 atom stereocenters. The van der Waals surface area contributed by atoms with E-state index in [4.69, 9.17) is 9.72 Å². The summed E-state index contributed by atoms with van der Waals surface area (Å²) in [6.45, 7) is 4.07. The fraction of sp³-hybridized carbons (Fsp3) is 0.485. The van der Waals surface area contributed by atoms with Crippen LogP contribution in [0, 0.1) is 5.92 Å². The third kappa shape index (κ3) is 3.82. The number of methoxy groups -OCH3 is 1. The van der Waals surface area contributed by atoms with Gasteiger partial charge in [0.25, 0.3) is 5.91 Å². The fourth-order valence-corrected chi connectivity index (χ4v) is 7.76. The molecule has 5 heterocycles. The van der Waals surface area contributed by atoms with E-state index < -0.39 is 0 Å². The van der Waals surface area contributed by atoms with Crippen molar-refractivity contribution in [1.29, 1.82) is 0 Å². The summed E-state index contributed by atoms with van der Waals surface area (Å²) < 4.78 is 10.5. The van der Waals surface area contributed by atoms with Crippen LogP contribution < -0.4 is 4.74 Å². The number of nitrogens with zero attached hydrogens (tertiary/aromatic N) is 5. The molecule has 0 unspecified atom stereocenters. The van der Waals surface area contributed by atoms with Gasteiger partial charge in [-0.2, -0.15) is 0 Å². The highest BCUT2D eigenvalue weighted by Gasteiger charge is 2.38. The quantitative estimate of drug-likeness (QED) is 0.328. The zero-order valence-electron chi connectivity index (χ0n) is 24.1. The van der Waals surface area contributed by atoms with Gasteiger partial charge in [-0.25, -0.2) is 4.98 Å². The summed E-state index contributed by atoms with van der Waals surface area (Å²) in [5, 5.41) is 1.21. The first kappa shape index (κ1) is 24.9. The molecule has 8 nitrogen and oxygen atoms in total. The van der Waals surface area contributed by atoms with E-state index in [0.29, 0.717) is 35.2 Å². The third-order valence-electron chi connectivity index (χ3n) is 10.2. The topological polar surface area (TPSA) is 72.6 Å². The summed E-state index contributed by atoms with van der Waals surface area (Å²) in [7, 11) is 3.72. The Balaban J connectivity index is 1.23. The van der Waals surface area contributed by atoms with Crippen LogP contribution in [0.4, 0.5) is 0 Å². The summed E-state index contributed by atoms with van der Waals surface area (Å²) in [6, 6.07) is 13.5. The Morgan fingerprint density at radius 2 is 1.68 bits per heavy atom. The van der Waals surface area contributed by atoms with Crippen LogP contribution in [-0.2, 0) is 11.8 Å². The number of aromatic nitrogens is 3. The number of aryl methyl sites for hydroxylation is 1. The van der Waals surface area contributed by atoms with Crippen molar-refractivity contribution in [2.45, 2.75) is 63.5 Å². The molecule has 3 aliphatic heterocycles. The molecule has 2 saturated carbocycles. The van der Waals surface area contributed by atoms with Crippen LogP contribution in [0.25, 0.3) is 33.5 Å². The van der Waals surface area contributed by atoms with Gasteiger partial charge >= 0.3 is 0 Å². The van der Waals surface area contributed by atoms with E-state index in [9.17, 15) is 9.59 Å². The average Bonchev–Trinajstić information content (AvgIpc) is 3.64. The molecule has 0 radical (unpaired) electrons. The molecule has 2 aromatic carbocycles. The van der Waals surface area contributed by atoms with Gasteiger partial charge in [-0.05, 0) is 68.2 Å². The van der Waals surface area contributed by atoms with Gasteiger partial charge in [-0.1, -0.05) is 18.2 Å². The highest BCUT2D eigenvalue weighted by molar-refractivity contribution is 6.00. The molecule has 41 heavy (non-hydrogen) atoms. The zero-order valence-corrected chi connectivity index (χ0v) is 24.1. The summed E-state index contributed by atoms with van der Waals surface area (Å²) in [6.07, 6.45) is 7.02. The van der Waals surface area contributed by atoms with E-state index in [2.05, 4.69) is 38.3 Å². The number of benzene rings is 2. The van der Waals surface area contributed by atoms with Crippen molar-refractivity contribution in [2.75, 3.05) is 26.7 Å². The number of likely N-dealkylation sites (tertiary alicyclic amines) is 1. The van der Waals surface area contributed by atoms with Gasteiger partial charge in [0.15, 0.2) is 5.82 Å². The first-order valence-electron chi connectivity index (χ1n) is 15.2. The number of ether oxygens (including phenoxy) is 1. The van der Waals surface area contributed by atoms with Crippen LogP contribution in [0.3, 0.4) is 0 Å². The summed E-state index contributed by atoms with van der Waals surface area (Å²) in [4.78, 5) is 34.8. The highest BCUT2D eigenvalue weighted by Crippen LogP contribution is 2.46. The molecule has 4 aromatic rings. The van der Waals surface area contributed by atoms with Crippen molar-refractivity contribution in [3.05, 3.63) is 47.5 Å². The van der Waals surface area contributed by atoms with Gasteiger partial charge in [0.2, 0.25) is 5.91 Å².